The number of aromatic nitrogens is 1. The molecule has 3 heterocycles. The quantitative estimate of drug-likeness (QED) is 0.816. The van der Waals surface area contributed by atoms with E-state index >= 15 is 0 Å². The summed E-state index contributed by atoms with van der Waals surface area (Å²) >= 11 is 0. The number of anilines is 2. The molecule has 7 nitrogen and oxygen atoms in total. The van der Waals surface area contributed by atoms with Gasteiger partial charge in [0.25, 0.3) is 5.91 Å². The molecule has 142 valence electrons. The molecule has 0 aliphatic carbocycles. The maximum Gasteiger partial charge on any atom is 0.263 e. The van der Waals surface area contributed by atoms with E-state index in [0.29, 0.717) is 37.0 Å². The fourth-order valence-corrected chi connectivity index (χ4v) is 3.85. The van der Waals surface area contributed by atoms with E-state index in [1.807, 2.05) is 0 Å². The van der Waals surface area contributed by atoms with Gasteiger partial charge in [0, 0.05) is 25.5 Å². The highest BCUT2D eigenvalue weighted by Crippen LogP contribution is 2.37. The second kappa shape index (κ2) is 6.66. The van der Waals surface area contributed by atoms with Crippen LogP contribution in [-0.2, 0) is 14.0 Å². The van der Waals surface area contributed by atoms with Crippen LogP contribution in [0.2, 0.25) is 18.1 Å². The number of rotatable bonds is 4. The highest BCUT2D eigenvalue weighted by molar-refractivity contribution is 6.74. The number of nitrogens with zero attached hydrogens (tertiary/aromatic N) is 2. The van der Waals surface area contributed by atoms with E-state index in [4.69, 9.17) is 9.16 Å². The normalized spacial score (nSPS) is 20.7. The van der Waals surface area contributed by atoms with Crippen molar-refractivity contribution in [3.63, 3.8) is 0 Å². The lowest BCUT2D eigenvalue weighted by Gasteiger charge is -2.36. The fraction of sp³-hybridized carbons (Fsp3) is 0.611. The summed E-state index contributed by atoms with van der Waals surface area (Å²) in [7, 11) is -1.83. The van der Waals surface area contributed by atoms with Gasteiger partial charge in [0.15, 0.2) is 26.5 Å². The SMILES string of the molecule is CC(C)(C)[Si](C)(C)OC[C@@H]1CC(=O)N(c2ccc3c(n2)NC(=O)CO3)C1. The molecular formula is C18H27N3O4Si. The van der Waals surface area contributed by atoms with Gasteiger partial charge in [0.05, 0.1) is 0 Å². The van der Waals surface area contributed by atoms with E-state index in [1.165, 1.54) is 0 Å². The fourth-order valence-electron chi connectivity index (χ4n) is 2.76. The molecule has 2 aliphatic heterocycles. The van der Waals surface area contributed by atoms with Crippen molar-refractivity contribution >= 4 is 31.8 Å². The summed E-state index contributed by atoms with van der Waals surface area (Å²) in [5, 5.41) is 2.83. The molecule has 0 saturated carbocycles. The monoisotopic (exact) mass is 377 g/mol. The number of fused-ring (bicyclic) bond motifs is 1. The first-order valence-corrected chi connectivity index (χ1v) is 11.9. The zero-order valence-corrected chi connectivity index (χ0v) is 17.1. The number of carbonyl (C=O) groups is 2. The van der Waals surface area contributed by atoms with Gasteiger partial charge in [-0.15, -0.1) is 0 Å². The van der Waals surface area contributed by atoms with Gasteiger partial charge in [-0.3, -0.25) is 14.5 Å². The van der Waals surface area contributed by atoms with Gasteiger partial charge in [-0.25, -0.2) is 4.98 Å². The third-order valence-electron chi connectivity index (χ3n) is 5.43. The van der Waals surface area contributed by atoms with Crippen LogP contribution in [0.3, 0.4) is 0 Å². The number of nitrogens with one attached hydrogen (secondary N) is 1. The summed E-state index contributed by atoms with van der Waals surface area (Å²) in [6, 6.07) is 3.50. The highest BCUT2D eigenvalue weighted by atomic mass is 28.4. The summed E-state index contributed by atoms with van der Waals surface area (Å²) in [6.45, 7) is 12.2. The van der Waals surface area contributed by atoms with Gasteiger partial charge in [0.1, 0.15) is 5.82 Å². The molecule has 26 heavy (non-hydrogen) atoms. The first kappa shape index (κ1) is 18.8. The second-order valence-electron chi connectivity index (χ2n) is 8.50. The third kappa shape index (κ3) is 3.76. The number of carbonyl (C=O) groups excluding carboxylic acids is 2. The Labute approximate surface area is 155 Å². The average Bonchev–Trinajstić information content (AvgIpc) is 2.92. The molecule has 3 rings (SSSR count). The molecule has 0 spiro atoms. The van der Waals surface area contributed by atoms with Crippen LogP contribution in [0.15, 0.2) is 12.1 Å². The van der Waals surface area contributed by atoms with Crippen LogP contribution < -0.4 is 15.0 Å². The summed E-state index contributed by atoms with van der Waals surface area (Å²) in [5.74, 6) is 1.37. The minimum absolute atomic E-state index is 0.0104. The minimum Gasteiger partial charge on any atom is -0.480 e. The Morgan fingerprint density at radius 1 is 1.35 bits per heavy atom. The number of ether oxygens (including phenoxy) is 1. The van der Waals surface area contributed by atoms with Crippen molar-refractivity contribution in [2.24, 2.45) is 5.92 Å². The molecule has 2 amide bonds. The van der Waals surface area contributed by atoms with Crippen LogP contribution >= 0.6 is 0 Å². The van der Waals surface area contributed by atoms with E-state index in [-0.39, 0.29) is 29.4 Å². The Balaban J connectivity index is 1.67. The van der Waals surface area contributed by atoms with Crippen LogP contribution in [0.5, 0.6) is 5.75 Å². The molecule has 1 atom stereocenters. The molecule has 1 aromatic heterocycles. The number of pyridine rings is 1. The predicted molar refractivity (Wildman–Crippen MR) is 102 cm³/mol. The van der Waals surface area contributed by atoms with Crippen molar-refractivity contribution in [3.05, 3.63) is 12.1 Å². The minimum atomic E-state index is -1.83. The molecule has 1 saturated heterocycles. The van der Waals surface area contributed by atoms with E-state index in [1.54, 1.807) is 17.0 Å². The smallest absolute Gasteiger partial charge is 0.263 e. The summed E-state index contributed by atoms with van der Waals surface area (Å²) in [4.78, 5) is 30.0. The Morgan fingerprint density at radius 3 is 2.77 bits per heavy atom. The predicted octanol–water partition coefficient (Wildman–Crippen LogP) is 2.79. The molecule has 1 N–H and O–H groups in total. The highest BCUT2D eigenvalue weighted by Gasteiger charge is 2.39. The van der Waals surface area contributed by atoms with Gasteiger partial charge >= 0.3 is 0 Å². The Kier molecular flexibility index (Phi) is 4.83. The van der Waals surface area contributed by atoms with Gasteiger partial charge in [-0.1, -0.05) is 20.8 Å². The van der Waals surface area contributed by atoms with E-state index in [0.717, 1.165) is 0 Å². The lowest BCUT2D eigenvalue weighted by molar-refractivity contribution is -0.119. The Hall–Kier alpha value is -1.93. The molecule has 0 aromatic carbocycles. The lowest BCUT2D eigenvalue weighted by Crippen LogP contribution is -2.42. The summed E-state index contributed by atoms with van der Waals surface area (Å²) in [5.41, 5.74) is 0. The van der Waals surface area contributed by atoms with Gasteiger partial charge in [-0.2, -0.15) is 0 Å². The van der Waals surface area contributed by atoms with Crippen LogP contribution in [0.25, 0.3) is 0 Å². The Morgan fingerprint density at radius 2 is 2.08 bits per heavy atom. The molecular weight excluding hydrogens is 350 g/mol. The van der Waals surface area contributed by atoms with Crippen molar-refractivity contribution < 1.29 is 18.8 Å². The molecule has 8 heteroatoms. The summed E-state index contributed by atoms with van der Waals surface area (Å²) in [6.07, 6.45) is 0.455. The lowest BCUT2D eigenvalue weighted by atomic mass is 10.1. The summed E-state index contributed by atoms with van der Waals surface area (Å²) < 4.78 is 11.6. The molecule has 0 bridgehead atoms. The van der Waals surface area contributed by atoms with Crippen molar-refractivity contribution in [3.8, 4) is 5.75 Å². The molecule has 0 unspecified atom stereocenters. The average molecular weight is 378 g/mol. The first-order valence-electron chi connectivity index (χ1n) is 8.95. The van der Waals surface area contributed by atoms with Crippen LogP contribution in [-0.4, -0.2) is 44.9 Å². The first-order chi connectivity index (χ1) is 12.1. The zero-order chi connectivity index (χ0) is 19.1. The van der Waals surface area contributed by atoms with Crippen molar-refractivity contribution in [1.29, 1.82) is 0 Å². The largest absolute Gasteiger partial charge is 0.480 e. The Bertz CT molecular complexity index is 730. The van der Waals surface area contributed by atoms with Gasteiger partial charge in [-0.05, 0) is 30.3 Å². The number of hydrogen-bond acceptors (Lipinski definition) is 5. The molecule has 2 aliphatic rings. The second-order valence-corrected chi connectivity index (χ2v) is 13.3. The van der Waals surface area contributed by atoms with Crippen molar-refractivity contribution in [2.45, 2.75) is 45.3 Å². The van der Waals surface area contributed by atoms with Crippen LogP contribution in [0, 0.1) is 5.92 Å². The van der Waals surface area contributed by atoms with Gasteiger partial charge < -0.3 is 14.5 Å². The third-order valence-corrected chi connectivity index (χ3v) is 9.93. The maximum atomic E-state index is 12.5. The van der Waals surface area contributed by atoms with Crippen molar-refractivity contribution in [1.82, 2.24) is 4.98 Å². The van der Waals surface area contributed by atoms with E-state index in [2.05, 4.69) is 44.2 Å². The number of hydrogen-bond donors (Lipinski definition) is 1. The standard InChI is InChI=1S/C18H27N3O4Si/c1-18(2,3)26(4,5)25-10-12-8-16(23)21(9-12)14-7-6-13-17(19-14)20-15(22)11-24-13/h6-7,12H,8-11H2,1-5H3,(H,19,20,22)/t12-/m1/s1. The molecule has 1 fully saturated rings. The van der Waals surface area contributed by atoms with Crippen molar-refractivity contribution in [2.75, 3.05) is 30.0 Å². The molecule has 0 radical (unpaired) electrons. The maximum absolute atomic E-state index is 12.5. The van der Waals surface area contributed by atoms with Gasteiger partial charge in [0.2, 0.25) is 5.91 Å². The molecule has 1 aromatic rings. The number of amides is 2. The topological polar surface area (TPSA) is 80.8 Å². The van der Waals surface area contributed by atoms with Crippen LogP contribution in [0.4, 0.5) is 11.6 Å². The van der Waals surface area contributed by atoms with E-state index in [9.17, 15) is 9.59 Å². The van der Waals surface area contributed by atoms with Crippen LogP contribution in [0.1, 0.15) is 27.2 Å². The zero-order valence-electron chi connectivity index (χ0n) is 16.1. The van der Waals surface area contributed by atoms with E-state index < -0.39 is 8.32 Å².